The Labute approximate surface area is 71.5 Å². The molecule has 0 radical (unpaired) electrons. The van der Waals surface area contributed by atoms with Gasteiger partial charge in [-0.15, -0.1) is 0 Å². The van der Waals surface area contributed by atoms with Crippen molar-refractivity contribution in [2.24, 2.45) is 4.99 Å². The monoisotopic (exact) mass is 156 g/mol. The molecule has 1 aromatic carbocycles. The van der Waals surface area contributed by atoms with Crippen LogP contribution in [0.1, 0.15) is 0 Å². The first-order valence-electron chi connectivity index (χ1n) is 3.53. The van der Waals surface area contributed by atoms with Crippen molar-refractivity contribution in [3.63, 3.8) is 0 Å². The molecule has 0 aliphatic heterocycles. The SMILES string of the molecule is C=CC(C#N)=Nc1ccccc1. The van der Waals surface area contributed by atoms with Gasteiger partial charge in [0.1, 0.15) is 11.8 Å². The summed E-state index contributed by atoms with van der Waals surface area (Å²) in [5.74, 6) is 0. The van der Waals surface area contributed by atoms with Crippen LogP contribution in [-0.2, 0) is 0 Å². The van der Waals surface area contributed by atoms with Crippen molar-refractivity contribution >= 4 is 11.4 Å². The van der Waals surface area contributed by atoms with Crippen LogP contribution in [-0.4, -0.2) is 5.71 Å². The third-order valence-electron chi connectivity index (χ3n) is 1.31. The summed E-state index contributed by atoms with van der Waals surface area (Å²) in [5.41, 5.74) is 1.11. The molecule has 0 atom stereocenters. The van der Waals surface area contributed by atoms with Crippen LogP contribution in [0.4, 0.5) is 5.69 Å². The maximum absolute atomic E-state index is 8.54. The molecule has 0 spiro atoms. The number of benzene rings is 1. The quantitative estimate of drug-likeness (QED) is 0.606. The summed E-state index contributed by atoms with van der Waals surface area (Å²) in [4.78, 5) is 4.03. The predicted molar refractivity (Wildman–Crippen MR) is 49.3 cm³/mol. The second kappa shape index (κ2) is 4.09. The van der Waals surface area contributed by atoms with Crippen molar-refractivity contribution in [1.82, 2.24) is 0 Å². The Morgan fingerprint density at radius 2 is 2.08 bits per heavy atom. The van der Waals surface area contributed by atoms with Crippen LogP contribution in [0.2, 0.25) is 0 Å². The van der Waals surface area contributed by atoms with Crippen molar-refractivity contribution in [2.75, 3.05) is 0 Å². The Morgan fingerprint density at radius 1 is 1.42 bits per heavy atom. The summed E-state index contributed by atoms with van der Waals surface area (Å²) in [6.07, 6.45) is 1.44. The van der Waals surface area contributed by atoms with E-state index in [0.29, 0.717) is 5.71 Å². The number of aliphatic imine (C=N–C) groups is 1. The van der Waals surface area contributed by atoms with Gasteiger partial charge in [-0.1, -0.05) is 24.8 Å². The highest BCUT2D eigenvalue weighted by atomic mass is 14.7. The first-order chi connectivity index (χ1) is 5.86. The second-order valence-electron chi connectivity index (χ2n) is 2.15. The largest absolute Gasteiger partial charge is 0.238 e. The smallest absolute Gasteiger partial charge is 0.140 e. The van der Waals surface area contributed by atoms with Crippen LogP contribution >= 0.6 is 0 Å². The molecule has 0 N–H and O–H groups in total. The lowest BCUT2D eigenvalue weighted by Crippen LogP contribution is -1.84. The highest BCUT2D eigenvalue weighted by Gasteiger charge is 1.89. The minimum absolute atomic E-state index is 0.334. The first-order valence-corrected chi connectivity index (χ1v) is 3.53. The first kappa shape index (κ1) is 8.22. The summed E-state index contributed by atoms with van der Waals surface area (Å²) in [6, 6.07) is 11.2. The molecule has 0 saturated carbocycles. The Hall–Kier alpha value is -1.88. The molecule has 0 aliphatic rings. The van der Waals surface area contributed by atoms with E-state index in [9.17, 15) is 0 Å². The molecule has 0 bridgehead atoms. The number of nitriles is 1. The average molecular weight is 156 g/mol. The van der Waals surface area contributed by atoms with Gasteiger partial charge in [0.2, 0.25) is 0 Å². The fraction of sp³-hybridized carbons (Fsp3) is 0. The van der Waals surface area contributed by atoms with Crippen LogP contribution < -0.4 is 0 Å². The molecule has 2 heteroatoms. The van der Waals surface area contributed by atoms with Gasteiger partial charge in [0.15, 0.2) is 0 Å². The Balaban J connectivity index is 2.96. The molecule has 0 unspecified atom stereocenters. The van der Waals surface area contributed by atoms with Crippen LogP contribution in [0, 0.1) is 11.3 Å². The maximum Gasteiger partial charge on any atom is 0.140 e. The second-order valence-corrected chi connectivity index (χ2v) is 2.15. The van der Waals surface area contributed by atoms with Gasteiger partial charge in [0.25, 0.3) is 0 Å². The van der Waals surface area contributed by atoms with Gasteiger partial charge >= 0.3 is 0 Å². The van der Waals surface area contributed by atoms with Crippen molar-refractivity contribution in [3.05, 3.63) is 43.0 Å². The fourth-order valence-electron chi connectivity index (χ4n) is 0.758. The van der Waals surface area contributed by atoms with Crippen LogP contribution in [0.25, 0.3) is 0 Å². The number of para-hydroxylation sites is 1. The molecule has 0 saturated heterocycles. The molecular weight excluding hydrogens is 148 g/mol. The van der Waals surface area contributed by atoms with Gasteiger partial charge in [-0.25, -0.2) is 4.99 Å². The average Bonchev–Trinajstić information content (AvgIpc) is 2.16. The fourth-order valence-corrected chi connectivity index (χ4v) is 0.758. The van der Waals surface area contributed by atoms with E-state index in [1.165, 1.54) is 6.08 Å². The zero-order valence-corrected chi connectivity index (χ0v) is 6.57. The number of hydrogen-bond acceptors (Lipinski definition) is 2. The highest BCUT2D eigenvalue weighted by molar-refractivity contribution is 6.08. The van der Waals surface area contributed by atoms with E-state index >= 15 is 0 Å². The van der Waals surface area contributed by atoms with E-state index in [2.05, 4.69) is 11.6 Å². The molecule has 1 aromatic rings. The van der Waals surface area contributed by atoms with Gasteiger partial charge in [-0.05, 0) is 18.2 Å². The molecule has 1 rings (SSSR count). The molecule has 0 fully saturated rings. The highest BCUT2D eigenvalue weighted by Crippen LogP contribution is 2.09. The van der Waals surface area contributed by atoms with Gasteiger partial charge in [0, 0.05) is 0 Å². The molecule has 2 nitrogen and oxygen atoms in total. The normalized spacial score (nSPS) is 10.4. The Bertz CT molecular complexity index is 331. The zero-order chi connectivity index (χ0) is 8.81. The van der Waals surface area contributed by atoms with Crippen molar-refractivity contribution < 1.29 is 0 Å². The molecule has 58 valence electrons. The van der Waals surface area contributed by atoms with E-state index in [4.69, 9.17) is 5.26 Å². The minimum Gasteiger partial charge on any atom is -0.238 e. The van der Waals surface area contributed by atoms with Crippen molar-refractivity contribution in [2.45, 2.75) is 0 Å². The van der Waals surface area contributed by atoms with Gasteiger partial charge < -0.3 is 0 Å². The molecule has 0 aromatic heterocycles. The molecule has 12 heavy (non-hydrogen) atoms. The lowest BCUT2D eigenvalue weighted by molar-refractivity contribution is 1.50. The number of allylic oxidation sites excluding steroid dienone is 1. The maximum atomic E-state index is 8.54. The third-order valence-corrected chi connectivity index (χ3v) is 1.31. The van der Waals surface area contributed by atoms with Crippen molar-refractivity contribution in [3.8, 4) is 6.07 Å². The van der Waals surface area contributed by atoms with Crippen LogP contribution in [0.3, 0.4) is 0 Å². The summed E-state index contributed by atoms with van der Waals surface area (Å²) in [6.45, 7) is 3.47. The zero-order valence-electron chi connectivity index (χ0n) is 6.57. The summed E-state index contributed by atoms with van der Waals surface area (Å²) < 4.78 is 0. The summed E-state index contributed by atoms with van der Waals surface area (Å²) >= 11 is 0. The van der Waals surface area contributed by atoms with E-state index in [1.54, 1.807) is 0 Å². The number of rotatable bonds is 2. The number of hydrogen-bond donors (Lipinski definition) is 0. The third kappa shape index (κ3) is 2.06. The van der Waals surface area contributed by atoms with E-state index in [1.807, 2.05) is 36.4 Å². The van der Waals surface area contributed by atoms with Crippen LogP contribution in [0.15, 0.2) is 48.0 Å². The molecule has 0 heterocycles. The van der Waals surface area contributed by atoms with Gasteiger partial charge in [-0.3, -0.25) is 0 Å². The number of nitrogens with zero attached hydrogens (tertiary/aromatic N) is 2. The van der Waals surface area contributed by atoms with Gasteiger partial charge in [0.05, 0.1) is 5.69 Å². The van der Waals surface area contributed by atoms with Crippen molar-refractivity contribution in [1.29, 1.82) is 5.26 Å². The van der Waals surface area contributed by atoms with Crippen LogP contribution in [0.5, 0.6) is 0 Å². The standard InChI is InChI=1S/C10H8N2/c1-2-9(8-11)12-10-6-4-3-5-7-10/h2-7H,1H2. The Morgan fingerprint density at radius 3 is 2.58 bits per heavy atom. The molecular formula is C10H8N2. The van der Waals surface area contributed by atoms with E-state index in [-0.39, 0.29) is 0 Å². The van der Waals surface area contributed by atoms with E-state index < -0.39 is 0 Å². The Kier molecular flexibility index (Phi) is 2.80. The predicted octanol–water partition coefficient (Wildman–Crippen LogP) is 2.47. The van der Waals surface area contributed by atoms with E-state index in [0.717, 1.165) is 5.69 Å². The summed E-state index contributed by atoms with van der Waals surface area (Å²) in [7, 11) is 0. The lowest BCUT2D eigenvalue weighted by Gasteiger charge is -1.90. The minimum atomic E-state index is 0.334. The molecule has 0 amide bonds. The lowest BCUT2D eigenvalue weighted by atomic mass is 10.3. The summed E-state index contributed by atoms with van der Waals surface area (Å²) in [5, 5.41) is 8.54. The topological polar surface area (TPSA) is 36.1 Å². The van der Waals surface area contributed by atoms with Gasteiger partial charge in [-0.2, -0.15) is 5.26 Å². The molecule has 0 aliphatic carbocycles.